The second-order valence-corrected chi connectivity index (χ2v) is 6.16. The Hall–Kier alpha value is -2.41. The first kappa shape index (κ1) is 18.9. The van der Waals surface area contributed by atoms with Gasteiger partial charge in [0.25, 0.3) is 5.91 Å². The Bertz CT molecular complexity index is 717. The maximum atomic E-state index is 12.9. The van der Waals surface area contributed by atoms with E-state index < -0.39 is 0 Å². The maximum absolute atomic E-state index is 12.9. The molecule has 0 aliphatic carbocycles. The summed E-state index contributed by atoms with van der Waals surface area (Å²) in [5.41, 5.74) is 1.56. The third kappa shape index (κ3) is 6.54. The van der Waals surface area contributed by atoms with Gasteiger partial charge in [-0.15, -0.1) is 0 Å². The maximum Gasteiger partial charge on any atom is 0.251 e. The van der Waals surface area contributed by atoms with Gasteiger partial charge in [-0.2, -0.15) is 0 Å². The van der Waals surface area contributed by atoms with E-state index >= 15 is 0 Å². The van der Waals surface area contributed by atoms with Crippen molar-refractivity contribution in [3.8, 4) is 0 Å². The van der Waals surface area contributed by atoms with Crippen molar-refractivity contribution in [2.75, 3.05) is 20.1 Å². The number of carbonyl (C=O) groups is 1. The zero-order valence-corrected chi connectivity index (χ0v) is 15.4. The zero-order valence-electron chi connectivity index (χ0n) is 13.9. The fourth-order valence-electron chi connectivity index (χ4n) is 2.07. The van der Waals surface area contributed by atoms with E-state index in [0.29, 0.717) is 31.2 Å². The summed E-state index contributed by atoms with van der Waals surface area (Å²) in [6.07, 6.45) is 0. The van der Waals surface area contributed by atoms with E-state index in [0.717, 1.165) is 10.0 Å². The van der Waals surface area contributed by atoms with Crippen LogP contribution in [0.2, 0.25) is 0 Å². The second kappa shape index (κ2) is 9.78. The Labute approximate surface area is 154 Å². The summed E-state index contributed by atoms with van der Waals surface area (Å²) in [5, 5.41) is 9.08. The molecule has 0 heterocycles. The van der Waals surface area contributed by atoms with Crippen LogP contribution >= 0.6 is 15.9 Å². The van der Waals surface area contributed by atoms with E-state index in [1.165, 1.54) is 12.1 Å². The Morgan fingerprint density at radius 1 is 1.00 bits per heavy atom. The molecule has 0 aliphatic heterocycles. The van der Waals surface area contributed by atoms with Gasteiger partial charge in [-0.1, -0.05) is 28.1 Å². The van der Waals surface area contributed by atoms with Gasteiger partial charge in [-0.25, -0.2) is 4.39 Å². The topological polar surface area (TPSA) is 65.5 Å². The highest BCUT2D eigenvalue weighted by atomic mass is 79.9. The smallest absolute Gasteiger partial charge is 0.251 e. The van der Waals surface area contributed by atoms with Gasteiger partial charge >= 0.3 is 0 Å². The van der Waals surface area contributed by atoms with Gasteiger partial charge < -0.3 is 16.0 Å². The summed E-state index contributed by atoms with van der Waals surface area (Å²) in [7, 11) is 1.67. The lowest BCUT2D eigenvalue weighted by atomic mass is 10.2. The number of nitrogens with zero attached hydrogens (tertiary/aromatic N) is 1. The summed E-state index contributed by atoms with van der Waals surface area (Å²) in [5.74, 6) is 0.235. The summed E-state index contributed by atoms with van der Waals surface area (Å²) < 4.78 is 13.8. The molecule has 2 rings (SSSR count). The molecule has 3 N–H and O–H groups in total. The number of benzene rings is 2. The molecule has 1 amide bonds. The van der Waals surface area contributed by atoms with Crippen LogP contribution in [0.5, 0.6) is 0 Å². The lowest BCUT2D eigenvalue weighted by molar-refractivity contribution is 0.0954. The normalized spacial score (nSPS) is 11.1. The predicted octanol–water partition coefficient (Wildman–Crippen LogP) is 2.68. The van der Waals surface area contributed by atoms with Crippen molar-refractivity contribution in [1.29, 1.82) is 0 Å². The van der Waals surface area contributed by atoms with Crippen molar-refractivity contribution in [3.63, 3.8) is 0 Å². The van der Waals surface area contributed by atoms with Crippen LogP contribution in [0.1, 0.15) is 15.9 Å². The van der Waals surface area contributed by atoms with Crippen molar-refractivity contribution < 1.29 is 9.18 Å². The van der Waals surface area contributed by atoms with Crippen LogP contribution in [0.4, 0.5) is 4.39 Å². The Kier molecular flexibility index (Phi) is 7.40. The lowest BCUT2D eigenvalue weighted by Crippen LogP contribution is -2.41. The molecule has 0 spiro atoms. The SMILES string of the molecule is CN=C(NCCNC(=O)c1ccc(Br)cc1)NCc1ccc(F)cc1. The number of carbonyl (C=O) groups excluding carboxylic acids is 1. The molecule has 0 bridgehead atoms. The molecule has 25 heavy (non-hydrogen) atoms. The molecule has 0 saturated heterocycles. The summed E-state index contributed by atoms with van der Waals surface area (Å²) in [6.45, 7) is 1.53. The summed E-state index contributed by atoms with van der Waals surface area (Å²) in [6, 6.07) is 13.5. The molecule has 0 radical (unpaired) electrons. The van der Waals surface area contributed by atoms with Crippen LogP contribution < -0.4 is 16.0 Å². The molecule has 2 aromatic rings. The van der Waals surface area contributed by atoms with Crippen molar-refractivity contribution in [3.05, 3.63) is 69.9 Å². The van der Waals surface area contributed by atoms with Gasteiger partial charge in [0, 0.05) is 36.7 Å². The van der Waals surface area contributed by atoms with Crippen molar-refractivity contribution in [2.24, 2.45) is 4.99 Å². The third-order valence-electron chi connectivity index (χ3n) is 3.41. The van der Waals surface area contributed by atoms with Gasteiger partial charge in [-0.3, -0.25) is 9.79 Å². The van der Waals surface area contributed by atoms with Crippen LogP contribution in [0.25, 0.3) is 0 Å². The highest BCUT2D eigenvalue weighted by Crippen LogP contribution is 2.10. The molecular weight excluding hydrogens is 387 g/mol. The van der Waals surface area contributed by atoms with Crippen molar-refractivity contribution >= 4 is 27.8 Å². The molecule has 7 heteroatoms. The highest BCUT2D eigenvalue weighted by molar-refractivity contribution is 9.10. The fourth-order valence-corrected chi connectivity index (χ4v) is 2.33. The van der Waals surface area contributed by atoms with E-state index in [2.05, 4.69) is 36.9 Å². The van der Waals surface area contributed by atoms with Gasteiger partial charge in [0.2, 0.25) is 0 Å². The van der Waals surface area contributed by atoms with Crippen LogP contribution in [0.3, 0.4) is 0 Å². The predicted molar refractivity (Wildman–Crippen MR) is 101 cm³/mol. The molecule has 0 atom stereocenters. The molecule has 2 aromatic carbocycles. The molecule has 0 unspecified atom stereocenters. The Morgan fingerprint density at radius 3 is 2.28 bits per heavy atom. The first-order chi connectivity index (χ1) is 12.1. The highest BCUT2D eigenvalue weighted by Gasteiger charge is 2.04. The largest absolute Gasteiger partial charge is 0.355 e. The van der Waals surface area contributed by atoms with Crippen LogP contribution in [-0.2, 0) is 6.54 Å². The van der Waals surface area contributed by atoms with E-state index in [1.54, 1.807) is 31.3 Å². The quantitative estimate of drug-likeness (QED) is 0.392. The number of aliphatic imine (C=N–C) groups is 1. The van der Waals surface area contributed by atoms with Crippen LogP contribution in [0.15, 0.2) is 58.0 Å². The standard InChI is InChI=1S/C18H20BrFN4O/c1-21-18(24-12-13-2-8-16(20)9-3-13)23-11-10-22-17(25)14-4-6-15(19)7-5-14/h2-9H,10-12H2,1H3,(H,22,25)(H2,21,23,24). The Morgan fingerprint density at radius 2 is 1.64 bits per heavy atom. The van der Waals surface area contributed by atoms with Gasteiger partial charge in [-0.05, 0) is 42.0 Å². The van der Waals surface area contributed by atoms with Crippen LogP contribution in [-0.4, -0.2) is 32.0 Å². The molecular formula is C18H20BrFN4O. The minimum atomic E-state index is -0.257. The second-order valence-electron chi connectivity index (χ2n) is 5.24. The van der Waals surface area contributed by atoms with E-state index in [4.69, 9.17) is 0 Å². The number of hydrogen-bond donors (Lipinski definition) is 3. The number of halogens is 2. The first-order valence-electron chi connectivity index (χ1n) is 7.81. The third-order valence-corrected chi connectivity index (χ3v) is 3.93. The van der Waals surface area contributed by atoms with E-state index in [-0.39, 0.29) is 11.7 Å². The minimum Gasteiger partial charge on any atom is -0.355 e. The van der Waals surface area contributed by atoms with Gasteiger partial charge in [0.05, 0.1) is 0 Å². The molecule has 5 nitrogen and oxygen atoms in total. The van der Waals surface area contributed by atoms with Crippen molar-refractivity contribution in [1.82, 2.24) is 16.0 Å². The molecule has 132 valence electrons. The number of guanidine groups is 1. The zero-order chi connectivity index (χ0) is 18.1. The van der Waals surface area contributed by atoms with Gasteiger partial charge in [0.1, 0.15) is 5.82 Å². The molecule has 0 saturated carbocycles. The lowest BCUT2D eigenvalue weighted by Gasteiger charge is -2.12. The van der Waals surface area contributed by atoms with Crippen molar-refractivity contribution in [2.45, 2.75) is 6.54 Å². The number of hydrogen-bond acceptors (Lipinski definition) is 2. The Balaban J connectivity index is 1.69. The van der Waals surface area contributed by atoms with E-state index in [1.807, 2.05) is 12.1 Å². The number of nitrogens with one attached hydrogen (secondary N) is 3. The monoisotopic (exact) mass is 406 g/mol. The number of rotatable bonds is 6. The molecule has 0 aliphatic rings. The summed E-state index contributed by atoms with van der Waals surface area (Å²) >= 11 is 3.34. The average Bonchev–Trinajstić information content (AvgIpc) is 2.63. The van der Waals surface area contributed by atoms with Gasteiger partial charge in [0.15, 0.2) is 5.96 Å². The first-order valence-corrected chi connectivity index (χ1v) is 8.60. The minimum absolute atomic E-state index is 0.122. The summed E-state index contributed by atoms with van der Waals surface area (Å²) in [4.78, 5) is 16.1. The fraction of sp³-hybridized carbons (Fsp3) is 0.222. The number of amides is 1. The average molecular weight is 407 g/mol. The molecule has 0 aromatic heterocycles. The van der Waals surface area contributed by atoms with Crippen LogP contribution in [0, 0.1) is 5.82 Å². The molecule has 0 fully saturated rings. The van der Waals surface area contributed by atoms with E-state index in [9.17, 15) is 9.18 Å².